The third-order valence-corrected chi connectivity index (χ3v) is 3.37. The molecule has 3 N–H and O–H groups in total. The number of hydrogen-bond acceptors (Lipinski definition) is 3. The van der Waals surface area contributed by atoms with Crippen molar-refractivity contribution >= 4 is 35.0 Å². The highest BCUT2D eigenvalue weighted by atomic mass is 35.5. The van der Waals surface area contributed by atoms with E-state index in [1.54, 1.807) is 18.2 Å². The second-order valence-electron chi connectivity index (χ2n) is 3.67. The fourth-order valence-corrected chi connectivity index (χ4v) is 2.32. The number of nitrogens with one attached hydrogen (secondary N) is 1. The molecule has 3 nitrogen and oxygen atoms in total. The number of anilines is 1. The number of carbonyl (C=O) groups excluding carboxylic acids is 1. The van der Waals surface area contributed by atoms with Crippen LogP contribution in [0.4, 0.5) is 5.69 Å². The molecule has 1 rings (SSSR count). The Labute approximate surface area is 105 Å². The van der Waals surface area contributed by atoms with E-state index in [9.17, 15) is 4.79 Å². The van der Waals surface area contributed by atoms with Gasteiger partial charge in [-0.2, -0.15) is 0 Å². The van der Waals surface area contributed by atoms with Gasteiger partial charge in [-0.15, -0.1) is 11.8 Å². The molecule has 0 radical (unpaired) electrons. The van der Waals surface area contributed by atoms with Gasteiger partial charge in [0.05, 0.1) is 10.8 Å². The predicted octanol–water partition coefficient (Wildman–Crippen LogP) is 2.54. The Balaban J connectivity index is 2.58. The third kappa shape index (κ3) is 3.94. The molecule has 1 aromatic rings. The van der Waals surface area contributed by atoms with Crippen LogP contribution in [0.25, 0.3) is 0 Å². The van der Waals surface area contributed by atoms with E-state index in [1.165, 1.54) is 11.8 Å². The molecule has 0 aliphatic heterocycles. The van der Waals surface area contributed by atoms with Crippen molar-refractivity contribution in [2.75, 3.05) is 11.5 Å². The van der Waals surface area contributed by atoms with E-state index in [-0.39, 0.29) is 11.9 Å². The number of benzene rings is 1. The summed E-state index contributed by atoms with van der Waals surface area (Å²) in [5, 5.41) is 3.39. The van der Waals surface area contributed by atoms with E-state index in [2.05, 4.69) is 5.32 Å². The second kappa shape index (κ2) is 6.01. The minimum atomic E-state index is -0.0145. The largest absolute Gasteiger partial charge is 0.398 e. The van der Waals surface area contributed by atoms with Crippen molar-refractivity contribution in [3.8, 4) is 0 Å². The Morgan fingerprint density at radius 1 is 1.56 bits per heavy atom. The highest BCUT2D eigenvalue weighted by molar-refractivity contribution is 8.00. The van der Waals surface area contributed by atoms with Crippen LogP contribution in [0, 0.1) is 0 Å². The number of halogens is 1. The summed E-state index contributed by atoms with van der Waals surface area (Å²) < 4.78 is 0. The highest BCUT2D eigenvalue weighted by Crippen LogP contribution is 2.32. The lowest BCUT2D eigenvalue weighted by molar-refractivity contribution is -0.119. The molecule has 1 aromatic carbocycles. The van der Waals surface area contributed by atoms with Gasteiger partial charge in [0.25, 0.3) is 0 Å². The van der Waals surface area contributed by atoms with E-state index in [1.807, 2.05) is 13.8 Å². The summed E-state index contributed by atoms with van der Waals surface area (Å²) in [6.45, 7) is 3.85. The fraction of sp³-hybridized carbons (Fsp3) is 0.364. The van der Waals surface area contributed by atoms with Crippen LogP contribution in [0.15, 0.2) is 23.1 Å². The molecule has 0 bridgehead atoms. The monoisotopic (exact) mass is 258 g/mol. The van der Waals surface area contributed by atoms with Gasteiger partial charge in [-0.25, -0.2) is 0 Å². The fourth-order valence-electron chi connectivity index (χ4n) is 1.18. The Morgan fingerprint density at radius 3 is 2.81 bits per heavy atom. The van der Waals surface area contributed by atoms with Crippen LogP contribution in [-0.4, -0.2) is 17.7 Å². The average Bonchev–Trinajstić information content (AvgIpc) is 2.15. The van der Waals surface area contributed by atoms with Crippen LogP contribution in [-0.2, 0) is 4.79 Å². The van der Waals surface area contributed by atoms with Gasteiger partial charge < -0.3 is 11.1 Å². The van der Waals surface area contributed by atoms with Crippen molar-refractivity contribution in [3.05, 3.63) is 23.2 Å². The predicted molar refractivity (Wildman–Crippen MR) is 69.9 cm³/mol. The first-order valence-corrected chi connectivity index (χ1v) is 6.33. The molecule has 0 unspecified atom stereocenters. The maximum atomic E-state index is 11.4. The van der Waals surface area contributed by atoms with Gasteiger partial charge in [-0.1, -0.05) is 17.7 Å². The van der Waals surface area contributed by atoms with E-state index in [0.717, 1.165) is 4.90 Å². The van der Waals surface area contributed by atoms with Crippen molar-refractivity contribution in [2.45, 2.75) is 24.8 Å². The van der Waals surface area contributed by atoms with Gasteiger partial charge in [0.2, 0.25) is 5.91 Å². The van der Waals surface area contributed by atoms with E-state index in [0.29, 0.717) is 16.5 Å². The molecule has 5 heteroatoms. The summed E-state index contributed by atoms with van der Waals surface area (Å²) in [6.07, 6.45) is 0. The van der Waals surface area contributed by atoms with Crippen LogP contribution in [0.5, 0.6) is 0 Å². The quantitative estimate of drug-likeness (QED) is 0.645. The smallest absolute Gasteiger partial charge is 0.230 e. The van der Waals surface area contributed by atoms with E-state index in [4.69, 9.17) is 17.3 Å². The zero-order valence-electron chi connectivity index (χ0n) is 9.29. The van der Waals surface area contributed by atoms with Crippen molar-refractivity contribution < 1.29 is 4.79 Å². The Kier molecular flexibility index (Phi) is 4.96. The first kappa shape index (κ1) is 13.2. The number of nitrogens with two attached hydrogens (primary N) is 1. The maximum Gasteiger partial charge on any atom is 0.230 e. The maximum absolute atomic E-state index is 11.4. The SMILES string of the molecule is CC(C)NC(=O)CSc1c(N)cccc1Cl. The Morgan fingerprint density at radius 2 is 2.25 bits per heavy atom. The molecule has 88 valence electrons. The highest BCUT2D eigenvalue weighted by Gasteiger charge is 2.09. The van der Waals surface area contributed by atoms with Crippen molar-refractivity contribution in [1.82, 2.24) is 5.32 Å². The van der Waals surface area contributed by atoms with Crippen LogP contribution < -0.4 is 11.1 Å². The van der Waals surface area contributed by atoms with Gasteiger partial charge in [0, 0.05) is 16.6 Å². The minimum Gasteiger partial charge on any atom is -0.398 e. The number of rotatable bonds is 4. The molecular weight excluding hydrogens is 244 g/mol. The van der Waals surface area contributed by atoms with Crippen LogP contribution in [0.2, 0.25) is 5.02 Å². The minimum absolute atomic E-state index is 0.0145. The number of hydrogen-bond donors (Lipinski definition) is 2. The lowest BCUT2D eigenvalue weighted by atomic mass is 10.3. The summed E-state index contributed by atoms with van der Waals surface area (Å²) in [6, 6.07) is 5.47. The Bertz CT molecular complexity index is 362. The molecule has 16 heavy (non-hydrogen) atoms. The zero-order chi connectivity index (χ0) is 12.1. The van der Waals surface area contributed by atoms with Crippen molar-refractivity contribution in [2.24, 2.45) is 0 Å². The van der Waals surface area contributed by atoms with Crippen LogP contribution >= 0.6 is 23.4 Å². The number of thioether (sulfide) groups is 1. The van der Waals surface area contributed by atoms with Gasteiger partial charge in [-0.05, 0) is 26.0 Å². The van der Waals surface area contributed by atoms with Crippen LogP contribution in [0.1, 0.15) is 13.8 Å². The van der Waals surface area contributed by atoms with Gasteiger partial charge in [0.1, 0.15) is 0 Å². The standard InChI is InChI=1S/C11H15ClN2OS/c1-7(2)14-10(15)6-16-11-8(12)4-3-5-9(11)13/h3-5,7H,6,13H2,1-2H3,(H,14,15). The van der Waals surface area contributed by atoms with Gasteiger partial charge >= 0.3 is 0 Å². The normalized spacial score (nSPS) is 10.5. The zero-order valence-corrected chi connectivity index (χ0v) is 10.9. The van der Waals surface area contributed by atoms with Crippen LogP contribution in [0.3, 0.4) is 0 Å². The molecule has 0 heterocycles. The molecule has 1 amide bonds. The average molecular weight is 259 g/mol. The number of nitrogen functional groups attached to an aromatic ring is 1. The third-order valence-electron chi connectivity index (χ3n) is 1.79. The molecular formula is C11H15ClN2OS. The molecule has 0 saturated heterocycles. The summed E-state index contributed by atoms with van der Waals surface area (Å²) in [5.41, 5.74) is 6.38. The molecule has 0 fully saturated rings. The first-order chi connectivity index (χ1) is 7.50. The van der Waals surface area contributed by atoms with Gasteiger partial charge in [-0.3, -0.25) is 4.79 Å². The summed E-state index contributed by atoms with van der Waals surface area (Å²) in [7, 11) is 0. The summed E-state index contributed by atoms with van der Waals surface area (Å²) in [4.78, 5) is 12.2. The lowest BCUT2D eigenvalue weighted by Crippen LogP contribution is -2.31. The van der Waals surface area contributed by atoms with Crippen molar-refractivity contribution in [1.29, 1.82) is 0 Å². The second-order valence-corrected chi connectivity index (χ2v) is 5.06. The van der Waals surface area contributed by atoms with E-state index < -0.39 is 0 Å². The molecule has 0 atom stereocenters. The molecule has 0 aliphatic carbocycles. The topological polar surface area (TPSA) is 55.1 Å². The molecule has 0 aliphatic rings. The lowest BCUT2D eigenvalue weighted by Gasteiger charge is -2.09. The summed E-state index contributed by atoms with van der Waals surface area (Å²) in [5.74, 6) is 0.311. The number of amides is 1. The number of carbonyl (C=O) groups is 1. The summed E-state index contributed by atoms with van der Waals surface area (Å²) >= 11 is 7.34. The van der Waals surface area contributed by atoms with E-state index >= 15 is 0 Å². The first-order valence-electron chi connectivity index (χ1n) is 4.97. The molecule has 0 spiro atoms. The molecule has 0 saturated carbocycles. The van der Waals surface area contributed by atoms with Crippen molar-refractivity contribution in [3.63, 3.8) is 0 Å². The molecule has 0 aromatic heterocycles. The Hall–Kier alpha value is -0.870. The van der Waals surface area contributed by atoms with Gasteiger partial charge in [0.15, 0.2) is 0 Å².